The van der Waals surface area contributed by atoms with E-state index in [4.69, 9.17) is 7.85 Å². The molecule has 0 atom stereocenters. The molecule has 0 aliphatic rings. The highest BCUT2D eigenvalue weighted by atomic mass is 16.3. The highest BCUT2D eigenvalue weighted by Gasteiger charge is 2.25. The summed E-state index contributed by atoms with van der Waals surface area (Å²) in [5, 5.41) is 10.4. The molecule has 0 aliphatic carbocycles. The standard InChI is InChI=1S/C15H23BO/c1-14(2,3)11-7-10(9-16)8-12(13(11)17)15(4,5)6/h7-8,17H,9H2,1-6H3. The molecule has 2 radical (unpaired) electrons. The Bertz CT molecular complexity index is 373. The average molecular weight is 230 g/mol. The number of aromatic hydroxyl groups is 1. The number of phenolic OH excluding ortho intramolecular Hbond substituents is 1. The van der Waals surface area contributed by atoms with Crippen molar-refractivity contribution in [1.82, 2.24) is 0 Å². The summed E-state index contributed by atoms with van der Waals surface area (Å²) >= 11 is 0. The molecule has 1 aromatic rings. The fourth-order valence-electron chi connectivity index (χ4n) is 1.96. The van der Waals surface area contributed by atoms with Crippen molar-refractivity contribution >= 4 is 7.85 Å². The highest BCUT2D eigenvalue weighted by Crippen LogP contribution is 2.39. The first-order chi connectivity index (χ1) is 7.57. The van der Waals surface area contributed by atoms with Crippen LogP contribution in [-0.4, -0.2) is 13.0 Å². The van der Waals surface area contributed by atoms with Crippen LogP contribution in [-0.2, 0) is 17.2 Å². The third-order valence-electron chi connectivity index (χ3n) is 3.02. The second kappa shape index (κ2) is 4.40. The van der Waals surface area contributed by atoms with Crippen LogP contribution in [0, 0.1) is 0 Å². The maximum atomic E-state index is 10.4. The van der Waals surface area contributed by atoms with Crippen molar-refractivity contribution in [2.75, 3.05) is 0 Å². The minimum Gasteiger partial charge on any atom is -0.507 e. The molecule has 0 fully saturated rings. The Hall–Kier alpha value is -0.915. The first kappa shape index (κ1) is 14.1. The second-order valence-corrected chi connectivity index (χ2v) is 6.74. The molecule has 0 saturated heterocycles. The lowest BCUT2D eigenvalue weighted by Crippen LogP contribution is -2.17. The van der Waals surface area contributed by atoms with E-state index in [9.17, 15) is 5.11 Å². The summed E-state index contributed by atoms with van der Waals surface area (Å²) in [6.07, 6.45) is 0.506. The van der Waals surface area contributed by atoms with Crippen molar-refractivity contribution in [2.45, 2.75) is 58.7 Å². The molecule has 0 aromatic heterocycles. The zero-order valence-electron chi connectivity index (χ0n) is 11.9. The third kappa shape index (κ3) is 3.05. The molecule has 0 saturated carbocycles. The minimum absolute atomic E-state index is 0.0741. The number of rotatable bonds is 1. The molecular weight excluding hydrogens is 207 g/mol. The van der Waals surface area contributed by atoms with Gasteiger partial charge in [0.1, 0.15) is 5.75 Å². The normalized spacial score (nSPS) is 12.8. The van der Waals surface area contributed by atoms with Crippen molar-refractivity contribution in [3.05, 3.63) is 28.8 Å². The minimum atomic E-state index is -0.0741. The van der Waals surface area contributed by atoms with Gasteiger partial charge in [-0.25, -0.2) is 0 Å². The van der Waals surface area contributed by atoms with Gasteiger partial charge in [0.25, 0.3) is 0 Å². The predicted molar refractivity (Wildman–Crippen MR) is 75.0 cm³/mol. The van der Waals surface area contributed by atoms with Crippen LogP contribution in [0.1, 0.15) is 58.2 Å². The van der Waals surface area contributed by atoms with E-state index in [1.165, 1.54) is 0 Å². The van der Waals surface area contributed by atoms with E-state index >= 15 is 0 Å². The molecule has 92 valence electrons. The van der Waals surface area contributed by atoms with Crippen LogP contribution in [0.2, 0.25) is 0 Å². The second-order valence-electron chi connectivity index (χ2n) is 6.74. The first-order valence-electron chi connectivity index (χ1n) is 6.14. The average Bonchev–Trinajstić information content (AvgIpc) is 2.14. The first-order valence-corrected chi connectivity index (χ1v) is 6.14. The number of hydrogen-bond acceptors (Lipinski definition) is 1. The van der Waals surface area contributed by atoms with E-state index in [1.807, 2.05) is 12.1 Å². The smallest absolute Gasteiger partial charge is 0.123 e. The van der Waals surface area contributed by atoms with E-state index in [0.717, 1.165) is 16.7 Å². The van der Waals surface area contributed by atoms with Crippen LogP contribution in [0.4, 0.5) is 0 Å². The molecule has 0 spiro atoms. The molecule has 0 aliphatic heterocycles. The molecular formula is C15H23BO. The summed E-state index contributed by atoms with van der Waals surface area (Å²) in [5.41, 5.74) is 2.89. The van der Waals surface area contributed by atoms with Crippen LogP contribution in [0.15, 0.2) is 12.1 Å². The monoisotopic (exact) mass is 230 g/mol. The van der Waals surface area contributed by atoms with E-state index < -0.39 is 0 Å². The molecule has 2 heteroatoms. The van der Waals surface area contributed by atoms with Gasteiger partial charge in [-0.2, -0.15) is 0 Å². The van der Waals surface area contributed by atoms with Gasteiger partial charge in [0.2, 0.25) is 0 Å². The van der Waals surface area contributed by atoms with Gasteiger partial charge in [0.15, 0.2) is 0 Å². The van der Waals surface area contributed by atoms with Gasteiger partial charge in [-0.1, -0.05) is 65.6 Å². The van der Waals surface area contributed by atoms with Gasteiger partial charge >= 0.3 is 0 Å². The van der Waals surface area contributed by atoms with Gasteiger partial charge in [-0.05, 0) is 22.0 Å². The van der Waals surface area contributed by atoms with Crippen LogP contribution >= 0.6 is 0 Å². The quantitative estimate of drug-likeness (QED) is 0.730. The molecule has 17 heavy (non-hydrogen) atoms. The van der Waals surface area contributed by atoms with Crippen molar-refractivity contribution in [1.29, 1.82) is 0 Å². The van der Waals surface area contributed by atoms with Crippen LogP contribution in [0.3, 0.4) is 0 Å². The Morgan fingerprint density at radius 2 is 1.29 bits per heavy atom. The predicted octanol–water partition coefficient (Wildman–Crippen LogP) is 3.66. The van der Waals surface area contributed by atoms with Crippen molar-refractivity contribution in [2.24, 2.45) is 0 Å². The van der Waals surface area contributed by atoms with Gasteiger partial charge in [0.05, 0.1) is 7.85 Å². The lowest BCUT2D eigenvalue weighted by molar-refractivity contribution is 0.423. The van der Waals surface area contributed by atoms with Crippen LogP contribution in [0.25, 0.3) is 0 Å². The molecule has 1 rings (SSSR count). The fourth-order valence-corrected chi connectivity index (χ4v) is 1.96. The van der Waals surface area contributed by atoms with Crippen molar-refractivity contribution in [3.63, 3.8) is 0 Å². The maximum absolute atomic E-state index is 10.4. The number of phenols is 1. The lowest BCUT2D eigenvalue weighted by Gasteiger charge is -2.28. The fraction of sp³-hybridized carbons (Fsp3) is 0.600. The lowest BCUT2D eigenvalue weighted by atomic mass is 9.77. The Labute approximate surface area is 107 Å². The van der Waals surface area contributed by atoms with E-state index in [0.29, 0.717) is 12.1 Å². The summed E-state index contributed by atoms with van der Waals surface area (Å²) in [5.74, 6) is 0.419. The topological polar surface area (TPSA) is 20.2 Å². The van der Waals surface area contributed by atoms with Crippen LogP contribution < -0.4 is 0 Å². The van der Waals surface area contributed by atoms with E-state index in [2.05, 4.69) is 41.5 Å². The maximum Gasteiger partial charge on any atom is 0.123 e. The zero-order chi connectivity index (χ0) is 13.4. The largest absolute Gasteiger partial charge is 0.507 e. The molecule has 0 amide bonds. The summed E-state index contributed by atoms with van der Waals surface area (Å²) in [6.45, 7) is 12.6. The van der Waals surface area contributed by atoms with E-state index in [-0.39, 0.29) is 10.8 Å². The number of benzene rings is 1. The molecule has 1 N–H and O–H groups in total. The molecule has 1 aromatic carbocycles. The van der Waals surface area contributed by atoms with Crippen molar-refractivity contribution < 1.29 is 5.11 Å². The molecule has 0 bridgehead atoms. The highest BCUT2D eigenvalue weighted by molar-refractivity contribution is 6.08. The summed E-state index contributed by atoms with van der Waals surface area (Å²) < 4.78 is 0. The SMILES string of the molecule is [B]Cc1cc(C(C)(C)C)c(O)c(C(C)(C)C)c1. The molecule has 1 nitrogen and oxygen atoms in total. The summed E-state index contributed by atoms with van der Waals surface area (Å²) in [4.78, 5) is 0. The Balaban J connectivity index is 3.53. The molecule has 0 unspecified atom stereocenters. The Morgan fingerprint density at radius 1 is 0.941 bits per heavy atom. The Morgan fingerprint density at radius 3 is 1.53 bits per heavy atom. The van der Waals surface area contributed by atoms with E-state index in [1.54, 1.807) is 0 Å². The van der Waals surface area contributed by atoms with Gasteiger partial charge < -0.3 is 5.11 Å². The summed E-state index contributed by atoms with van der Waals surface area (Å²) in [7, 11) is 5.74. The molecule has 0 heterocycles. The van der Waals surface area contributed by atoms with Crippen LogP contribution in [0.5, 0.6) is 5.75 Å². The van der Waals surface area contributed by atoms with Crippen molar-refractivity contribution in [3.8, 4) is 5.75 Å². The Kier molecular flexibility index (Phi) is 3.66. The summed E-state index contributed by atoms with van der Waals surface area (Å²) in [6, 6.07) is 4.04. The number of hydrogen-bond donors (Lipinski definition) is 1. The van der Waals surface area contributed by atoms with Gasteiger partial charge in [-0.3, -0.25) is 0 Å². The van der Waals surface area contributed by atoms with Gasteiger partial charge in [-0.15, -0.1) is 0 Å². The zero-order valence-corrected chi connectivity index (χ0v) is 11.9. The van der Waals surface area contributed by atoms with Gasteiger partial charge in [0, 0.05) is 0 Å². The third-order valence-corrected chi connectivity index (χ3v) is 3.02.